The highest BCUT2D eigenvalue weighted by Crippen LogP contribution is 1.89. The fourth-order valence-corrected chi connectivity index (χ4v) is 0.672. The summed E-state index contributed by atoms with van der Waals surface area (Å²) in [5.74, 6) is -1.15. The molecule has 0 aliphatic carbocycles. The average molecular weight is 210 g/mol. The Morgan fingerprint density at radius 1 is 1.27 bits per heavy atom. The van der Waals surface area contributed by atoms with Crippen molar-refractivity contribution in [2.45, 2.75) is 6.42 Å². The predicted octanol–water partition coefficient (Wildman–Crippen LogP) is 1.39. The summed E-state index contributed by atoms with van der Waals surface area (Å²) in [5.41, 5.74) is 0. The lowest BCUT2D eigenvalue weighted by atomic mass is 10.4. The lowest BCUT2D eigenvalue weighted by Crippen LogP contribution is -2.03. The summed E-state index contributed by atoms with van der Waals surface area (Å²) in [6.45, 7) is 3.77. The largest absolute Gasteiger partial charge is 0.466 e. The molecule has 0 heterocycles. The predicted molar refractivity (Wildman–Crippen MR) is 56.1 cm³/mol. The van der Waals surface area contributed by atoms with Gasteiger partial charge in [-0.05, 0) is 6.42 Å². The molecule has 0 spiro atoms. The van der Waals surface area contributed by atoms with E-state index < -0.39 is 11.9 Å². The zero-order chi connectivity index (χ0) is 11.5. The minimum atomic E-state index is -0.585. The molecule has 0 amide bonds. The van der Waals surface area contributed by atoms with E-state index in [0.717, 1.165) is 12.2 Å². The molecular weight excluding hydrogens is 196 g/mol. The molecular formula is C11H14O4. The number of hydrogen-bond donors (Lipinski definition) is 0. The molecule has 0 atom stereocenters. The molecule has 0 saturated carbocycles. The molecule has 0 radical (unpaired) electrons. The van der Waals surface area contributed by atoms with E-state index in [1.807, 2.05) is 6.08 Å². The van der Waals surface area contributed by atoms with Crippen LogP contribution >= 0.6 is 0 Å². The van der Waals surface area contributed by atoms with Gasteiger partial charge in [0.1, 0.15) is 0 Å². The molecule has 0 saturated heterocycles. The molecule has 4 heteroatoms. The third-order valence-corrected chi connectivity index (χ3v) is 1.36. The fourth-order valence-electron chi connectivity index (χ4n) is 0.672. The molecule has 82 valence electrons. The van der Waals surface area contributed by atoms with E-state index in [4.69, 9.17) is 4.74 Å². The first-order valence-corrected chi connectivity index (χ1v) is 4.41. The van der Waals surface area contributed by atoms with Gasteiger partial charge in [0.25, 0.3) is 0 Å². The van der Waals surface area contributed by atoms with E-state index in [1.54, 1.807) is 12.2 Å². The number of hydrogen-bond acceptors (Lipinski definition) is 4. The summed E-state index contributed by atoms with van der Waals surface area (Å²) in [6.07, 6.45) is 7.89. The van der Waals surface area contributed by atoms with Gasteiger partial charge < -0.3 is 9.47 Å². The van der Waals surface area contributed by atoms with Crippen LogP contribution in [0, 0.1) is 0 Å². The van der Waals surface area contributed by atoms with Crippen molar-refractivity contribution in [1.29, 1.82) is 0 Å². The van der Waals surface area contributed by atoms with Crippen molar-refractivity contribution in [3.8, 4) is 0 Å². The molecule has 0 aromatic carbocycles. The van der Waals surface area contributed by atoms with Crippen molar-refractivity contribution in [3.05, 3.63) is 37.0 Å². The van der Waals surface area contributed by atoms with Crippen LogP contribution in [-0.2, 0) is 19.1 Å². The van der Waals surface area contributed by atoms with Gasteiger partial charge in [-0.3, -0.25) is 0 Å². The summed E-state index contributed by atoms with van der Waals surface area (Å²) < 4.78 is 9.07. The second-order valence-electron chi connectivity index (χ2n) is 2.48. The molecule has 0 fully saturated rings. The zero-order valence-corrected chi connectivity index (χ0v) is 8.64. The Labute approximate surface area is 88.9 Å². The number of ether oxygens (including phenoxy) is 2. The minimum absolute atomic E-state index is 0.273. The number of carbonyl (C=O) groups excluding carboxylic acids is 2. The van der Waals surface area contributed by atoms with E-state index in [-0.39, 0.29) is 6.61 Å². The first kappa shape index (κ1) is 13.2. The standard InChI is InChI=1S/C11H14O4/c1-3-4-5-6-9-15-11(13)8-7-10(12)14-2/h3-5,7-8H,1,6,9H2,2H3/b5-4+,8-7+. The van der Waals surface area contributed by atoms with Gasteiger partial charge in [0, 0.05) is 12.2 Å². The molecule has 0 unspecified atom stereocenters. The number of carbonyl (C=O) groups is 2. The first-order valence-electron chi connectivity index (χ1n) is 4.41. The van der Waals surface area contributed by atoms with E-state index in [2.05, 4.69) is 11.3 Å². The van der Waals surface area contributed by atoms with Crippen LogP contribution in [0.15, 0.2) is 37.0 Å². The van der Waals surface area contributed by atoms with Crippen LogP contribution < -0.4 is 0 Å². The first-order chi connectivity index (χ1) is 7.20. The maximum absolute atomic E-state index is 10.9. The van der Waals surface area contributed by atoms with Crippen LogP contribution in [-0.4, -0.2) is 25.7 Å². The smallest absolute Gasteiger partial charge is 0.331 e. The summed E-state index contributed by atoms with van der Waals surface area (Å²) in [6, 6.07) is 0. The highest BCUT2D eigenvalue weighted by atomic mass is 16.5. The van der Waals surface area contributed by atoms with Gasteiger partial charge in [-0.15, -0.1) is 0 Å². The molecule has 0 aliphatic heterocycles. The van der Waals surface area contributed by atoms with Gasteiger partial charge in [0.05, 0.1) is 13.7 Å². The monoisotopic (exact) mass is 210 g/mol. The maximum Gasteiger partial charge on any atom is 0.331 e. The average Bonchev–Trinajstić information content (AvgIpc) is 2.25. The van der Waals surface area contributed by atoms with Crippen LogP contribution in [0.4, 0.5) is 0 Å². The maximum atomic E-state index is 10.9. The Hall–Kier alpha value is -1.84. The van der Waals surface area contributed by atoms with Gasteiger partial charge in [-0.25, -0.2) is 9.59 Å². The summed E-state index contributed by atoms with van der Waals surface area (Å²) in [5, 5.41) is 0. The van der Waals surface area contributed by atoms with Crippen LogP contribution in [0.25, 0.3) is 0 Å². The Kier molecular flexibility index (Phi) is 7.67. The highest BCUT2D eigenvalue weighted by Gasteiger charge is 1.97. The quantitative estimate of drug-likeness (QED) is 0.288. The molecule has 0 N–H and O–H groups in total. The third-order valence-electron chi connectivity index (χ3n) is 1.36. The van der Waals surface area contributed by atoms with E-state index in [1.165, 1.54) is 7.11 Å². The van der Waals surface area contributed by atoms with Gasteiger partial charge in [0.2, 0.25) is 0 Å². The van der Waals surface area contributed by atoms with Gasteiger partial charge >= 0.3 is 11.9 Å². The molecule has 0 bridgehead atoms. The number of allylic oxidation sites excluding steroid dienone is 2. The fraction of sp³-hybridized carbons (Fsp3) is 0.273. The van der Waals surface area contributed by atoms with Crippen LogP contribution in [0.3, 0.4) is 0 Å². The topological polar surface area (TPSA) is 52.6 Å². The van der Waals surface area contributed by atoms with E-state index in [0.29, 0.717) is 6.42 Å². The number of methoxy groups -OCH3 is 1. The number of esters is 2. The Morgan fingerprint density at radius 2 is 1.93 bits per heavy atom. The molecule has 0 aromatic rings. The lowest BCUT2D eigenvalue weighted by Gasteiger charge is -1.97. The number of rotatable bonds is 6. The summed E-state index contributed by atoms with van der Waals surface area (Å²) in [4.78, 5) is 21.5. The summed E-state index contributed by atoms with van der Waals surface area (Å²) >= 11 is 0. The van der Waals surface area contributed by atoms with E-state index in [9.17, 15) is 9.59 Å². The highest BCUT2D eigenvalue weighted by molar-refractivity contribution is 5.91. The van der Waals surface area contributed by atoms with Crippen molar-refractivity contribution >= 4 is 11.9 Å². The van der Waals surface area contributed by atoms with Crippen LogP contribution in [0.5, 0.6) is 0 Å². The van der Waals surface area contributed by atoms with Crippen molar-refractivity contribution in [3.63, 3.8) is 0 Å². The molecule has 0 aliphatic rings. The van der Waals surface area contributed by atoms with Crippen LogP contribution in [0.1, 0.15) is 6.42 Å². The normalized spacial score (nSPS) is 10.5. The third kappa shape index (κ3) is 8.49. The van der Waals surface area contributed by atoms with Crippen molar-refractivity contribution in [1.82, 2.24) is 0 Å². The Balaban J connectivity index is 3.66. The second kappa shape index (κ2) is 8.74. The van der Waals surface area contributed by atoms with Crippen molar-refractivity contribution in [2.75, 3.05) is 13.7 Å². The van der Waals surface area contributed by atoms with Crippen LogP contribution in [0.2, 0.25) is 0 Å². The molecule has 4 nitrogen and oxygen atoms in total. The van der Waals surface area contributed by atoms with Gasteiger partial charge in [-0.1, -0.05) is 24.8 Å². The lowest BCUT2D eigenvalue weighted by molar-refractivity contribution is -0.139. The summed E-state index contributed by atoms with van der Waals surface area (Å²) in [7, 11) is 1.23. The Morgan fingerprint density at radius 3 is 2.53 bits per heavy atom. The minimum Gasteiger partial charge on any atom is -0.466 e. The van der Waals surface area contributed by atoms with Crippen molar-refractivity contribution in [2.24, 2.45) is 0 Å². The second-order valence-corrected chi connectivity index (χ2v) is 2.48. The van der Waals surface area contributed by atoms with Crippen molar-refractivity contribution < 1.29 is 19.1 Å². The van der Waals surface area contributed by atoms with E-state index >= 15 is 0 Å². The molecule has 0 aromatic heterocycles. The van der Waals surface area contributed by atoms with Gasteiger partial charge in [0.15, 0.2) is 0 Å². The SMILES string of the molecule is C=C/C=C/CCOC(=O)/C=C/C(=O)OC. The molecule has 0 rings (SSSR count). The zero-order valence-electron chi connectivity index (χ0n) is 8.64. The van der Waals surface area contributed by atoms with Gasteiger partial charge in [-0.2, -0.15) is 0 Å². The Bertz CT molecular complexity index is 276. The molecule has 15 heavy (non-hydrogen) atoms.